The zero-order valence-electron chi connectivity index (χ0n) is 10.2. The molecule has 0 radical (unpaired) electrons. The van der Waals surface area contributed by atoms with Gasteiger partial charge in [0.2, 0.25) is 0 Å². The number of hydrogen-bond acceptors (Lipinski definition) is 2. The van der Waals surface area contributed by atoms with E-state index in [1.165, 1.54) is 18.9 Å². The van der Waals surface area contributed by atoms with Crippen LogP contribution in [0.5, 0.6) is 0 Å². The van der Waals surface area contributed by atoms with E-state index < -0.39 is 0 Å². The Hall–Kier alpha value is -0.770. The van der Waals surface area contributed by atoms with Crippen molar-refractivity contribution in [3.8, 4) is 0 Å². The highest BCUT2D eigenvalue weighted by atomic mass is 79.9. The number of hydrogen-bond donors (Lipinski definition) is 1. The van der Waals surface area contributed by atoms with Gasteiger partial charge in [0.15, 0.2) is 0 Å². The van der Waals surface area contributed by atoms with Gasteiger partial charge in [0.05, 0.1) is 15.8 Å². The van der Waals surface area contributed by atoms with E-state index in [4.69, 9.17) is 5.73 Å². The largest absolute Gasteiger partial charge is 0.397 e. The van der Waals surface area contributed by atoms with Crippen molar-refractivity contribution in [2.24, 2.45) is 5.92 Å². The van der Waals surface area contributed by atoms with Crippen LogP contribution in [0.25, 0.3) is 0 Å². The van der Waals surface area contributed by atoms with Crippen LogP contribution in [-0.2, 0) is 0 Å². The molecule has 17 heavy (non-hydrogen) atoms. The fraction of sp³-hybridized carbons (Fsp3) is 0.538. The van der Waals surface area contributed by atoms with E-state index in [2.05, 4.69) is 34.7 Å². The van der Waals surface area contributed by atoms with Crippen LogP contribution in [0.15, 0.2) is 16.6 Å². The quantitative estimate of drug-likeness (QED) is 0.857. The molecular weight excluding hydrogens is 283 g/mol. The zero-order chi connectivity index (χ0) is 12.6. The predicted octanol–water partition coefficient (Wildman–Crippen LogP) is 3.80. The second-order valence-corrected chi connectivity index (χ2v) is 5.87. The fourth-order valence-corrected chi connectivity index (χ4v) is 2.33. The number of halogens is 2. The summed E-state index contributed by atoms with van der Waals surface area (Å²) in [7, 11) is 0. The van der Waals surface area contributed by atoms with Gasteiger partial charge in [-0.1, -0.05) is 0 Å². The summed E-state index contributed by atoms with van der Waals surface area (Å²) in [6, 6.07) is 3.51. The first-order valence-electron chi connectivity index (χ1n) is 6.00. The molecule has 0 unspecified atom stereocenters. The number of nitrogen functional groups attached to an aromatic ring is 1. The Labute approximate surface area is 110 Å². The smallest absolute Gasteiger partial charge is 0.139 e. The minimum absolute atomic E-state index is 0.254. The van der Waals surface area contributed by atoms with Gasteiger partial charge in [-0.2, -0.15) is 0 Å². The lowest BCUT2D eigenvalue weighted by Gasteiger charge is -2.30. The van der Waals surface area contributed by atoms with Crippen LogP contribution >= 0.6 is 15.9 Å². The first-order chi connectivity index (χ1) is 7.99. The molecule has 0 bridgehead atoms. The number of nitrogens with zero attached hydrogens (tertiary/aromatic N) is 1. The maximum atomic E-state index is 13.6. The van der Waals surface area contributed by atoms with E-state index in [1.54, 1.807) is 6.07 Å². The van der Waals surface area contributed by atoms with E-state index in [-0.39, 0.29) is 5.82 Å². The predicted molar refractivity (Wildman–Crippen MR) is 73.7 cm³/mol. The number of nitrogens with two attached hydrogens (primary N) is 1. The van der Waals surface area contributed by atoms with E-state index in [9.17, 15) is 4.39 Å². The molecule has 0 spiro atoms. The monoisotopic (exact) mass is 300 g/mol. The summed E-state index contributed by atoms with van der Waals surface area (Å²) in [5, 5.41) is 0. The first kappa shape index (κ1) is 12.7. The Morgan fingerprint density at radius 2 is 2.12 bits per heavy atom. The number of anilines is 2. The lowest BCUT2D eigenvalue weighted by Crippen LogP contribution is -2.33. The second-order valence-electron chi connectivity index (χ2n) is 5.01. The third-order valence-electron chi connectivity index (χ3n) is 3.15. The van der Waals surface area contributed by atoms with Gasteiger partial charge in [-0.05, 0) is 54.6 Å². The van der Waals surface area contributed by atoms with Gasteiger partial charge in [-0.3, -0.25) is 0 Å². The summed E-state index contributed by atoms with van der Waals surface area (Å²) in [4.78, 5) is 2.20. The molecule has 1 saturated carbocycles. The van der Waals surface area contributed by atoms with Crippen LogP contribution in [0, 0.1) is 11.7 Å². The third-order valence-corrected chi connectivity index (χ3v) is 3.76. The van der Waals surface area contributed by atoms with Gasteiger partial charge in [-0.15, -0.1) is 0 Å². The molecule has 1 aliphatic carbocycles. The van der Waals surface area contributed by atoms with Crippen molar-refractivity contribution in [2.45, 2.75) is 32.7 Å². The van der Waals surface area contributed by atoms with Crippen LogP contribution in [0.2, 0.25) is 0 Å². The SMILES string of the molecule is CC(C)N(CC1CC1)c1cc(F)c(Br)cc1N. The van der Waals surface area contributed by atoms with E-state index in [1.807, 2.05) is 0 Å². The summed E-state index contributed by atoms with van der Waals surface area (Å²) in [5.74, 6) is 0.499. The van der Waals surface area contributed by atoms with Crippen molar-refractivity contribution in [1.29, 1.82) is 0 Å². The van der Waals surface area contributed by atoms with Gasteiger partial charge in [0.1, 0.15) is 5.82 Å². The standard InChI is InChI=1S/C13H18BrFN2/c1-8(2)17(7-9-3-4-9)13-6-11(15)10(14)5-12(13)16/h5-6,8-9H,3-4,7,16H2,1-2H3. The summed E-state index contributed by atoms with van der Waals surface area (Å²) in [6.45, 7) is 5.20. The second kappa shape index (κ2) is 4.84. The highest BCUT2D eigenvalue weighted by molar-refractivity contribution is 9.10. The fourth-order valence-electron chi connectivity index (χ4n) is 1.97. The molecule has 0 heterocycles. The molecule has 1 aromatic carbocycles. The van der Waals surface area contributed by atoms with E-state index in [0.29, 0.717) is 16.2 Å². The van der Waals surface area contributed by atoms with Crippen LogP contribution < -0.4 is 10.6 Å². The lowest BCUT2D eigenvalue weighted by molar-refractivity contribution is 0.612. The van der Waals surface area contributed by atoms with Crippen molar-refractivity contribution in [1.82, 2.24) is 0 Å². The van der Waals surface area contributed by atoms with Crippen LogP contribution in [-0.4, -0.2) is 12.6 Å². The highest BCUT2D eigenvalue weighted by Crippen LogP contribution is 2.35. The Morgan fingerprint density at radius 3 is 2.65 bits per heavy atom. The summed E-state index contributed by atoms with van der Waals surface area (Å²) >= 11 is 3.16. The summed E-state index contributed by atoms with van der Waals surface area (Å²) in [5.41, 5.74) is 7.43. The molecule has 0 atom stereocenters. The van der Waals surface area contributed by atoms with Gasteiger partial charge in [0.25, 0.3) is 0 Å². The maximum absolute atomic E-state index is 13.6. The molecule has 1 aromatic rings. The molecule has 1 aliphatic rings. The van der Waals surface area contributed by atoms with E-state index in [0.717, 1.165) is 18.2 Å². The molecule has 0 saturated heterocycles. The minimum Gasteiger partial charge on any atom is -0.397 e. The lowest BCUT2D eigenvalue weighted by atomic mass is 10.2. The molecule has 0 aromatic heterocycles. The number of benzene rings is 1. The van der Waals surface area contributed by atoms with Crippen LogP contribution in [0.4, 0.5) is 15.8 Å². The maximum Gasteiger partial charge on any atom is 0.139 e. The number of rotatable bonds is 4. The average molecular weight is 301 g/mol. The Bertz CT molecular complexity index is 416. The molecule has 0 aliphatic heterocycles. The van der Waals surface area contributed by atoms with Crippen molar-refractivity contribution in [3.63, 3.8) is 0 Å². The summed E-state index contributed by atoms with van der Waals surface area (Å²) in [6.07, 6.45) is 2.56. The van der Waals surface area contributed by atoms with E-state index >= 15 is 0 Å². The van der Waals surface area contributed by atoms with Crippen molar-refractivity contribution < 1.29 is 4.39 Å². The van der Waals surface area contributed by atoms with Gasteiger partial charge in [-0.25, -0.2) is 4.39 Å². The Balaban J connectivity index is 2.30. The molecule has 1 fully saturated rings. The van der Waals surface area contributed by atoms with Crippen LogP contribution in [0.1, 0.15) is 26.7 Å². The molecular formula is C13H18BrFN2. The van der Waals surface area contributed by atoms with Crippen LogP contribution in [0.3, 0.4) is 0 Å². The molecule has 2 nitrogen and oxygen atoms in total. The average Bonchev–Trinajstić information content (AvgIpc) is 3.04. The van der Waals surface area contributed by atoms with Gasteiger partial charge < -0.3 is 10.6 Å². The Kier molecular flexibility index (Phi) is 3.61. The summed E-state index contributed by atoms with van der Waals surface area (Å²) < 4.78 is 14.0. The van der Waals surface area contributed by atoms with Crippen molar-refractivity contribution in [3.05, 3.63) is 22.4 Å². The normalized spacial score (nSPS) is 15.4. The zero-order valence-corrected chi connectivity index (χ0v) is 11.8. The topological polar surface area (TPSA) is 29.3 Å². The van der Waals surface area contributed by atoms with Gasteiger partial charge in [0, 0.05) is 18.7 Å². The first-order valence-corrected chi connectivity index (χ1v) is 6.79. The molecule has 2 N–H and O–H groups in total. The molecule has 4 heteroatoms. The highest BCUT2D eigenvalue weighted by Gasteiger charge is 2.26. The van der Waals surface area contributed by atoms with Crippen molar-refractivity contribution in [2.75, 3.05) is 17.2 Å². The van der Waals surface area contributed by atoms with Gasteiger partial charge >= 0.3 is 0 Å². The third kappa shape index (κ3) is 2.92. The molecule has 2 rings (SSSR count). The molecule has 0 amide bonds. The minimum atomic E-state index is -0.254. The molecule has 94 valence electrons. The van der Waals surface area contributed by atoms with Crippen molar-refractivity contribution >= 4 is 27.3 Å². The Morgan fingerprint density at radius 1 is 1.47 bits per heavy atom.